The summed E-state index contributed by atoms with van der Waals surface area (Å²) in [6, 6.07) is 0. The fourth-order valence-electron chi connectivity index (χ4n) is 2.11. The van der Waals surface area contributed by atoms with Crippen LogP contribution in [-0.4, -0.2) is 27.0 Å². The Balaban J connectivity index is 2.11. The van der Waals surface area contributed by atoms with Crippen LogP contribution in [0.2, 0.25) is 5.15 Å². The second-order valence-electron chi connectivity index (χ2n) is 5.01. The molecule has 1 unspecified atom stereocenters. The second kappa shape index (κ2) is 5.66. The third kappa shape index (κ3) is 3.09. The van der Waals surface area contributed by atoms with Gasteiger partial charge in [-0.05, 0) is 32.4 Å². The van der Waals surface area contributed by atoms with E-state index in [4.69, 9.17) is 11.6 Å². The van der Waals surface area contributed by atoms with Crippen molar-refractivity contribution >= 4 is 29.2 Å². The van der Waals surface area contributed by atoms with Gasteiger partial charge in [-0.15, -0.1) is 0 Å². The third-order valence-electron chi connectivity index (χ3n) is 3.38. The molecule has 5 heteroatoms. The Morgan fingerprint density at radius 1 is 1.44 bits per heavy atom. The highest BCUT2D eigenvalue weighted by Gasteiger charge is 2.29. The maximum Gasteiger partial charge on any atom is 0.137 e. The molecule has 100 valence electrons. The average Bonchev–Trinajstić information content (AvgIpc) is 2.78. The molecule has 3 nitrogen and oxygen atoms in total. The van der Waals surface area contributed by atoms with Gasteiger partial charge in [0.05, 0.1) is 0 Å². The molecule has 0 saturated carbocycles. The number of rotatable bonds is 4. The lowest BCUT2D eigenvalue weighted by Crippen LogP contribution is -2.27. The topological polar surface area (TPSA) is 37.8 Å². The van der Waals surface area contributed by atoms with Crippen molar-refractivity contribution in [1.29, 1.82) is 0 Å². The highest BCUT2D eigenvalue weighted by atomic mass is 35.5. The Kier molecular flexibility index (Phi) is 4.38. The molecule has 1 fully saturated rings. The van der Waals surface area contributed by atoms with E-state index in [1.807, 2.05) is 25.6 Å². The molecule has 0 aromatic carbocycles. The van der Waals surface area contributed by atoms with Crippen molar-refractivity contribution in [2.24, 2.45) is 0 Å². The molecule has 1 aliphatic rings. The molecule has 2 heterocycles. The average molecular weight is 286 g/mol. The zero-order chi connectivity index (χ0) is 13.2. The first-order chi connectivity index (χ1) is 8.54. The van der Waals surface area contributed by atoms with Crippen LogP contribution in [0.25, 0.3) is 0 Å². The van der Waals surface area contributed by atoms with Crippen LogP contribution in [0, 0.1) is 6.92 Å². The molecule has 0 amide bonds. The van der Waals surface area contributed by atoms with Crippen molar-refractivity contribution in [1.82, 2.24) is 9.97 Å². The molecule has 0 aliphatic carbocycles. The van der Waals surface area contributed by atoms with Crippen molar-refractivity contribution in [2.45, 2.75) is 44.8 Å². The molecule has 1 aromatic rings. The molecule has 0 bridgehead atoms. The summed E-state index contributed by atoms with van der Waals surface area (Å²) < 4.78 is 0.330. The number of aromatic nitrogens is 2. The van der Waals surface area contributed by atoms with E-state index >= 15 is 0 Å². The maximum absolute atomic E-state index is 6.13. The van der Waals surface area contributed by atoms with Crippen LogP contribution >= 0.6 is 23.4 Å². The van der Waals surface area contributed by atoms with Crippen LogP contribution in [0.5, 0.6) is 0 Å². The summed E-state index contributed by atoms with van der Waals surface area (Å²) in [6.07, 6.45) is 3.39. The Hall–Kier alpha value is -0.480. The summed E-state index contributed by atoms with van der Waals surface area (Å²) in [7, 11) is 0. The van der Waals surface area contributed by atoms with E-state index in [-0.39, 0.29) is 0 Å². The predicted octanol–water partition coefficient (Wildman–Crippen LogP) is 3.70. The van der Waals surface area contributed by atoms with Crippen molar-refractivity contribution in [3.05, 3.63) is 16.5 Å². The summed E-state index contributed by atoms with van der Waals surface area (Å²) in [4.78, 5) is 8.79. The molecule has 0 radical (unpaired) electrons. The molecule has 1 saturated heterocycles. The summed E-state index contributed by atoms with van der Waals surface area (Å²) in [5, 5.41) is 4.02. The Labute approximate surface area is 118 Å². The summed E-state index contributed by atoms with van der Waals surface area (Å²) in [5.74, 6) is 2.96. The molecule has 18 heavy (non-hydrogen) atoms. The molecule has 1 atom stereocenters. The molecule has 0 spiro atoms. The molecule has 1 aliphatic heterocycles. The lowest BCUT2D eigenvalue weighted by atomic mass is 10.1. The highest BCUT2D eigenvalue weighted by molar-refractivity contribution is 8.00. The number of hydrogen-bond acceptors (Lipinski definition) is 4. The lowest BCUT2D eigenvalue weighted by Gasteiger charge is -2.24. The zero-order valence-electron chi connectivity index (χ0n) is 11.2. The number of aryl methyl sites for hydroxylation is 1. The van der Waals surface area contributed by atoms with Gasteiger partial charge in [-0.2, -0.15) is 11.8 Å². The third-order valence-corrected chi connectivity index (χ3v) is 5.29. The van der Waals surface area contributed by atoms with Crippen molar-refractivity contribution in [3.63, 3.8) is 0 Å². The second-order valence-corrected chi connectivity index (χ2v) is 7.05. The lowest BCUT2D eigenvalue weighted by molar-refractivity contribution is 0.633. The van der Waals surface area contributed by atoms with Gasteiger partial charge in [-0.3, -0.25) is 0 Å². The fraction of sp³-hybridized carbons (Fsp3) is 0.692. The van der Waals surface area contributed by atoms with Crippen LogP contribution in [0.15, 0.2) is 0 Å². The Bertz CT molecular complexity index is 430. The number of anilines is 1. The quantitative estimate of drug-likeness (QED) is 0.856. The molecular formula is C13H20ClN3S. The van der Waals surface area contributed by atoms with Crippen molar-refractivity contribution < 1.29 is 0 Å². The van der Waals surface area contributed by atoms with Gasteiger partial charge in [0.2, 0.25) is 0 Å². The first kappa shape index (κ1) is 13.9. The minimum Gasteiger partial charge on any atom is -0.368 e. The molecular weight excluding hydrogens is 266 g/mol. The number of thioether (sulfide) groups is 1. The summed E-state index contributed by atoms with van der Waals surface area (Å²) >= 11 is 8.18. The van der Waals surface area contributed by atoms with Crippen molar-refractivity contribution in [3.8, 4) is 0 Å². The van der Waals surface area contributed by atoms with E-state index in [0.717, 1.165) is 30.2 Å². The molecule has 2 rings (SSSR count). The smallest absolute Gasteiger partial charge is 0.137 e. The first-order valence-electron chi connectivity index (χ1n) is 6.45. The Morgan fingerprint density at radius 3 is 2.83 bits per heavy atom. The van der Waals surface area contributed by atoms with Crippen LogP contribution in [-0.2, 0) is 6.42 Å². The SMILES string of the molecule is CCc1nc(Cl)c(C)c(NCC2(C)CCCS2)n1. The van der Waals surface area contributed by atoms with Gasteiger partial charge in [0.25, 0.3) is 0 Å². The highest BCUT2D eigenvalue weighted by Crippen LogP contribution is 2.37. The van der Waals surface area contributed by atoms with Gasteiger partial charge in [0, 0.05) is 23.3 Å². The van der Waals surface area contributed by atoms with Crippen LogP contribution in [0.4, 0.5) is 5.82 Å². The summed E-state index contributed by atoms with van der Waals surface area (Å²) in [6.45, 7) is 7.26. The van der Waals surface area contributed by atoms with E-state index in [9.17, 15) is 0 Å². The van der Waals surface area contributed by atoms with Gasteiger partial charge < -0.3 is 5.32 Å². The number of hydrogen-bond donors (Lipinski definition) is 1. The Morgan fingerprint density at radius 2 is 2.22 bits per heavy atom. The number of halogens is 1. The minimum atomic E-state index is 0.330. The maximum atomic E-state index is 6.13. The van der Waals surface area contributed by atoms with E-state index < -0.39 is 0 Å². The number of nitrogens with one attached hydrogen (secondary N) is 1. The molecule has 1 N–H and O–H groups in total. The van der Waals surface area contributed by atoms with E-state index in [2.05, 4.69) is 22.2 Å². The fourth-order valence-corrected chi connectivity index (χ4v) is 3.54. The zero-order valence-corrected chi connectivity index (χ0v) is 12.8. The van der Waals surface area contributed by atoms with Gasteiger partial charge in [-0.1, -0.05) is 18.5 Å². The van der Waals surface area contributed by atoms with Crippen LogP contribution < -0.4 is 5.32 Å². The van der Waals surface area contributed by atoms with Gasteiger partial charge in [0.1, 0.15) is 16.8 Å². The summed E-state index contributed by atoms with van der Waals surface area (Å²) in [5.41, 5.74) is 0.945. The van der Waals surface area contributed by atoms with Crippen molar-refractivity contribution in [2.75, 3.05) is 17.6 Å². The minimum absolute atomic E-state index is 0.330. The normalized spacial score (nSPS) is 23.3. The van der Waals surface area contributed by atoms with E-state index in [1.165, 1.54) is 18.6 Å². The van der Waals surface area contributed by atoms with Gasteiger partial charge in [0.15, 0.2) is 0 Å². The van der Waals surface area contributed by atoms with Crippen LogP contribution in [0.1, 0.15) is 38.1 Å². The van der Waals surface area contributed by atoms with Gasteiger partial charge >= 0.3 is 0 Å². The van der Waals surface area contributed by atoms with Crippen LogP contribution in [0.3, 0.4) is 0 Å². The number of nitrogens with zero attached hydrogens (tertiary/aromatic N) is 2. The molecule has 1 aromatic heterocycles. The van der Waals surface area contributed by atoms with Gasteiger partial charge in [-0.25, -0.2) is 9.97 Å². The van der Waals surface area contributed by atoms with E-state index in [1.54, 1.807) is 0 Å². The largest absolute Gasteiger partial charge is 0.368 e. The monoisotopic (exact) mass is 285 g/mol. The first-order valence-corrected chi connectivity index (χ1v) is 7.81. The van der Waals surface area contributed by atoms with E-state index in [0.29, 0.717) is 9.90 Å². The standard InChI is InChI=1S/C13H20ClN3S/c1-4-10-16-11(14)9(2)12(17-10)15-8-13(3)6-5-7-18-13/h4-8H2,1-3H3,(H,15,16,17). The predicted molar refractivity (Wildman–Crippen MR) is 79.7 cm³/mol.